The fourth-order valence-corrected chi connectivity index (χ4v) is 2.03. The van der Waals surface area contributed by atoms with E-state index in [1.807, 2.05) is 44.2 Å². The summed E-state index contributed by atoms with van der Waals surface area (Å²) in [5.74, 6) is -0.682. The van der Waals surface area contributed by atoms with E-state index in [1.54, 1.807) is 0 Å². The van der Waals surface area contributed by atoms with Gasteiger partial charge in [0.05, 0.1) is 10.4 Å². The zero-order valence-electron chi connectivity index (χ0n) is 11.3. The quantitative estimate of drug-likeness (QED) is 0.892. The molecule has 0 atom stereocenters. The minimum absolute atomic E-state index is 0.0136. The number of halogens is 2. The van der Waals surface area contributed by atoms with Crippen LogP contribution in [0.4, 0.5) is 10.1 Å². The van der Waals surface area contributed by atoms with E-state index >= 15 is 0 Å². The predicted octanol–water partition coefficient (Wildman–Crippen LogP) is 4.40. The van der Waals surface area contributed by atoms with E-state index in [0.29, 0.717) is 5.69 Å². The molecule has 0 fully saturated rings. The highest BCUT2D eigenvalue weighted by Crippen LogP contribution is 2.26. The normalized spacial score (nSPS) is 11.2. The van der Waals surface area contributed by atoms with E-state index in [9.17, 15) is 9.18 Å². The molecule has 0 bridgehead atoms. The number of amides is 1. The molecule has 1 N–H and O–H groups in total. The maximum atomic E-state index is 13.1. The second kappa shape index (κ2) is 5.63. The molecule has 0 aliphatic heterocycles. The zero-order valence-corrected chi connectivity index (χ0v) is 12.0. The van der Waals surface area contributed by atoms with E-state index in [1.165, 1.54) is 18.2 Å². The van der Waals surface area contributed by atoms with E-state index in [0.717, 1.165) is 5.56 Å². The minimum Gasteiger partial charge on any atom is -0.325 e. The van der Waals surface area contributed by atoms with E-state index < -0.39 is 11.2 Å². The molecule has 0 heterocycles. The number of hydrogen-bond donors (Lipinski definition) is 1. The first kappa shape index (κ1) is 14.5. The first-order chi connectivity index (χ1) is 9.41. The van der Waals surface area contributed by atoms with Gasteiger partial charge in [0.25, 0.3) is 0 Å². The lowest BCUT2D eigenvalue weighted by Gasteiger charge is -2.24. The van der Waals surface area contributed by atoms with Gasteiger partial charge in [0.2, 0.25) is 5.91 Å². The van der Waals surface area contributed by atoms with Crippen molar-refractivity contribution >= 4 is 23.2 Å². The molecule has 2 aromatic rings. The molecule has 2 nitrogen and oxygen atoms in total. The highest BCUT2D eigenvalue weighted by molar-refractivity contribution is 6.31. The molecule has 0 unspecified atom stereocenters. The molecule has 2 rings (SSSR count). The fourth-order valence-electron chi connectivity index (χ4n) is 1.85. The Balaban J connectivity index is 2.21. The first-order valence-corrected chi connectivity index (χ1v) is 6.61. The van der Waals surface area contributed by atoms with Gasteiger partial charge in [0, 0.05) is 5.69 Å². The Bertz CT molecular complexity index is 626. The van der Waals surface area contributed by atoms with Gasteiger partial charge in [-0.15, -0.1) is 0 Å². The Morgan fingerprint density at radius 3 is 2.40 bits per heavy atom. The third kappa shape index (κ3) is 2.99. The summed E-state index contributed by atoms with van der Waals surface area (Å²) in [6.45, 7) is 3.67. The van der Waals surface area contributed by atoms with Crippen molar-refractivity contribution in [2.24, 2.45) is 0 Å². The number of benzene rings is 2. The average molecular weight is 292 g/mol. The lowest BCUT2D eigenvalue weighted by molar-refractivity contribution is -0.120. The lowest BCUT2D eigenvalue weighted by Crippen LogP contribution is -2.34. The van der Waals surface area contributed by atoms with Crippen molar-refractivity contribution in [3.05, 3.63) is 64.9 Å². The third-order valence-corrected chi connectivity index (χ3v) is 3.53. The molecule has 0 aliphatic carbocycles. The molecular formula is C16H15ClFNO. The summed E-state index contributed by atoms with van der Waals surface area (Å²) in [4.78, 5) is 12.4. The summed E-state index contributed by atoms with van der Waals surface area (Å²) in [6, 6.07) is 13.6. The zero-order chi connectivity index (χ0) is 14.8. The first-order valence-electron chi connectivity index (χ1n) is 6.23. The van der Waals surface area contributed by atoms with Gasteiger partial charge in [-0.25, -0.2) is 4.39 Å². The molecule has 4 heteroatoms. The number of carbonyl (C=O) groups excluding carboxylic acids is 1. The maximum Gasteiger partial charge on any atom is 0.234 e. The van der Waals surface area contributed by atoms with Crippen molar-refractivity contribution in [1.82, 2.24) is 0 Å². The topological polar surface area (TPSA) is 29.1 Å². The standard InChI is InChI=1S/C16H15ClFNO/c1-16(2,11-6-4-3-5-7-11)15(20)19-12-8-9-14(18)13(17)10-12/h3-10H,1-2H3,(H,19,20). The van der Waals surface area contributed by atoms with Gasteiger partial charge in [0.1, 0.15) is 5.82 Å². The Labute approximate surface area is 122 Å². The van der Waals surface area contributed by atoms with Crippen molar-refractivity contribution < 1.29 is 9.18 Å². The molecule has 104 valence electrons. The van der Waals surface area contributed by atoms with Crippen LogP contribution in [-0.2, 0) is 10.2 Å². The van der Waals surface area contributed by atoms with Crippen LogP contribution < -0.4 is 5.32 Å². The summed E-state index contributed by atoms with van der Waals surface area (Å²) in [6.07, 6.45) is 0. The largest absolute Gasteiger partial charge is 0.325 e. The van der Waals surface area contributed by atoms with Crippen LogP contribution >= 0.6 is 11.6 Å². The Morgan fingerprint density at radius 1 is 1.15 bits per heavy atom. The number of carbonyl (C=O) groups is 1. The smallest absolute Gasteiger partial charge is 0.234 e. The van der Waals surface area contributed by atoms with Gasteiger partial charge in [0.15, 0.2) is 0 Å². The third-order valence-electron chi connectivity index (χ3n) is 3.24. The summed E-state index contributed by atoms with van der Waals surface area (Å²) in [5, 5.41) is 2.75. The molecule has 1 amide bonds. The number of anilines is 1. The van der Waals surface area contributed by atoms with Crippen molar-refractivity contribution in [3.63, 3.8) is 0 Å². The molecule has 0 aromatic heterocycles. The van der Waals surface area contributed by atoms with Crippen LogP contribution in [0.3, 0.4) is 0 Å². The summed E-state index contributed by atoms with van der Waals surface area (Å²) in [7, 11) is 0. The van der Waals surface area contributed by atoms with Crippen molar-refractivity contribution in [1.29, 1.82) is 0 Å². The predicted molar refractivity (Wildman–Crippen MR) is 79.5 cm³/mol. The SMILES string of the molecule is CC(C)(C(=O)Nc1ccc(F)c(Cl)c1)c1ccccc1. The van der Waals surface area contributed by atoms with Crippen LogP contribution in [0.5, 0.6) is 0 Å². The van der Waals surface area contributed by atoms with Crippen molar-refractivity contribution in [3.8, 4) is 0 Å². The summed E-state index contributed by atoms with van der Waals surface area (Å²) >= 11 is 5.70. The van der Waals surface area contributed by atoms with Crippen molar-refractivity contribution in [2.75, 3.05) is 5.32 Å². The van der Waals surface area contributed by atoms with Crippen molar-refractivity contribution in [2.45, 2.75) is 19.3 Å². The molecule has 0 radical (unpaired) electrons. The molecule has 0 saturated heterocycles. The second-order valence-electron chi connectivity index (χ2n) is 5.07. The van der Waals surface area contributed by atoms with E-state index in [-0.39, 0.29) is 10.9 Å². The number of hydrogen-bond acceptors (Lipinski definition) is 1. The minimum atomic E-state index is -0.692. The number of rotatable bonds is 3. The van der Waals surface area contributed by atoms with Gasteiger partial charge < -0.3 is 5.32 Å². The van der Waals surface area contributed by atoms with Gasteiger partial charge in [-0.05, 0) is 37.6 Å². The molecule has 0 spiro atoms. The van der Waals surface area contributed by atoms with Crippen LogP contribution in [0.2, 0.25) is 5.02 Å². The average Bonchev–Trinajstić information content (AvgIpc) is 2.44. The molecular weight excluding hydrogens is 277 g/mol. The van der Waals surface area contributed by atoms with Gasteiger partial charge in [-0.2, -0.15) is 0 Å². The van der Waals surface area contributed by atoms with E-state index in [4.69, 9.17) is 11.6 Å². The lowest BCUT2D eigenvalue weighted by atomic mass is 9.83. The molecule has 2 aromatic carbocycles. The van der Waals surface area contributed by atoms with Gasteiger partial charge in [-0.3, -0.25) is 4.79 Å². The van der Waals surface area contributed by atoms with E-state index in [2.05, 4.69) is 5.32 Å². The monoisotopic (exact) mass is 291 g/mol. The van der Waals surface area contributed by atoms with Gasteiger partial charge >= 0.3 is 0 Å². The second-order valence-corrected chi connectivity index (χ2v) is 5.48. The van der Waals surface area contributed by atoms with Crippen LogP contribution in [0.1, 0.15) is 19.4 Å². The Kier molecular flexibility index (Phi) is 4.09. The Hall–Kier alpha value is -1.87. The van der Waals surface area contributed by atoms with Gasteiger partial charge in [-0.1, -0.05) is 41.9 Å². The van der Waals surface area contributed by atoms with Crippen LogP contribution in [0.15, 0.2) is 48.5 Å². The van der Waals surface area contributed by atoms with Crippen LogP contribution in [0.25, 0.3) is 0 Å². The highest BCUT2D eigenvalue weighted by Gasteiger charge is 2.29. The highest BCUT2D eigenvalue weighted by atomic mass is 35.5. The van der Waals surface area contributed by atoms with Crippen LogP contribution in [0, 0.1) is 5.82 Å². The summed E-state index contributed by atoms with van der Waals surface area (Å²) in [5.41, 5.74) is 0.693. The number of nitrogens with one attached hydrogen (secondary N) is 1. The summed E-state index contributed by atoms with van der Waals surface area (Å²) < 4.78 is 13.1. The molecule has 0 aliphatic rings. The maximum absolute atomic E-state index is 13.1. The van der Waals surface area contributed by atoms with Crippen LogP contribution in [-0.4, -0.2) is 5.91 Å². The molecule has 20 heavy (non-hydrogen) atoms. The fraction of sp³-hybridized carbons (Fsp3) is 0.188. The Morgan fingerprint density at radius 2 is 1.80 bits per heavy atom. The molecule has 0 saturated carbocycles.